The van der Waals surface area contributed by atoms with Gasteiger partial charge in [-0.2, -0.15) is 0 Å². The zero-order valence-corrected chi connectivity index (χ0v) is 13.0. The molecule has 0 radical (unpaired) electrons. The highest BCUT2D eigenvalue weighted by atomic mass is 32.2. The molecule has 0 aliphatic carbocycles. The fourth-order valence-corrected chi connectivity index (χ4v) is 3.67. The van der Waals surface area contributed by atoms with Crippen LogP contribution in [-0.2, 0) is 4.79 Å². The van der Waals surface area contributed by atoms with Crippen LogP contribution in [0.3, 0.4) is 0 Å². The Kier molecular flexibility index (Phi) is 5.41. The Balaban J connectivity index is 2.00. The van der Waals surface area contributed by atoms with Crippen molar-refractivity contribution in [1.29, 1.82) is 0 Å². The minimum atomic E-state index is -0.979. The predicted octanol–water partition coefficient (Wildman–Crippen LogP) is 3.96. The average Bonchev–Trinajstić information content (AvgIpc) is 2.98. The summed E-state index contributed by atoms with van der Waals surface area (Å²) in [4.78, 5) is 23.0. The molecule has 0 aliphatic heterocycles. The van der Waals surface area contributed by atoms with E-state index in [2.05, 4.69) is 5.32 Å². The second-order valence-corrected chi connectivity index (χ2v) is 6.77. The van der Waals surface area contributed by atoms with E-state index < -0.39 is 5.97 Å². The van der Waals surface area contributed by atoms with Crippen LogP contribution >= 0.6 is 23.1 Å². The highest BCUT2D eigenvalue weighted by Gasteiger charge is 2.18. The summed E-state index contributed by atoms with van der Waals surface area (Å²) in [6.07, 6.45) is 0.724. The Morgan fingerprint density at radius 2 is 2.00 bits per heavy atom. The molecule has 1 aromatic carbocycles. The van der Waals surface area contributed by atoms with Gasteiger partial charge in [0, 0.05) is 5.69 Å². The van der Waals surface area contributed by atoms with E-state index in [1.807, 2.05) is 24.4 Å². The van der Waals surface area contributed by atoms with E-state index in [4.69, 9.17) is 5.11 Å². The Bertz CT molecular complexity index is 608. The van der Waals surface area contributed by atoms with Crippen molar-refractivity contribution in [3.8, 4) is 0 Å². The SMILES string of the molecule is CCC(Sc1cccs1)C(=O)Nc1ccc(C(=O)O)cc1. The lowest BCUT2D eigenvalue weighted by molar-refractivity contribution is -0.115. The largest absolute Gasteiger partial charge is 0.478 e. The number of carboxylic acids is 1. The van der Waals surface area contributed by atoms with Crippen LogP contribution in [-0.4, -0.2) is 22.2 Å². The number of thiophene rings is 1. The van der Waals surface area contributed by atoms with E-state index in [1.54, 1.807) is 35.2 Å². The molecule has 0 aliphatic rings. The maximum atomic E-state index is 12.2. The second kappa shape index (κ2) is 7.28. The first-order valence-electron chi connectivity index (χ1n) is 6.44. The van der Waals surface area contributed by atoms with Crippen molar-refractivity contribution in [2.75, 3.05) is 5.32 Å². The molecular weight excluding hydrogens is 306 g/mol. The first kappa shape index (κ1) is 15.6. The molecule has 0 spiro atoms. The number of hydrogen-bond acceptors (Lipinski definition) is 4. The number of carboxylic acid groups (broad SMARTS) is 1. The number of carbonyl (C=O) groups is 2. The molecule has 21 heavy (non-hydrogen) atoms. The molecular formula is C15H15NO3S2. The standard InChI is InChI=1S/C15H15NO3S2/c1-2-12(21-13-4-3-9-20-13)14(17)16-11-7-5-10(6-8-11)15(18)19/h3-9,12H,2H2,1H3,(H,16,17)(H,18,19). The van der Waals surface area contributed by atoms with Crippen molar-refractivity contribution in [3.63, 3.8) is 0 Å². The van der Waals surface area contributed by atoms with E-state index in [0.717, 1.165) is 10.6 Å². The maximum absolute atomic E-state index is 12.2. The van der Waals surface area contributed by atoms with Crippen LogP contribution in [0.1, 0.15) is 23.7 Å². The van der Waals surface area contributed by atoms with Crippen molar-refractivity contribution < 1.29 is 14.7 Å². The molecule has 1 atom stereocenters. The minimum absolute atomic E-state index is 0.0704. The summed E-state index contributed by atoms with van der Waals surface area (Å²) in [7, 11) is 0. The molecule has 1 heterocycles. The van der Waals surface area contributed by atoms with Crippen molar-refractivity contribution in [3.05, 3.63) is 47.3 Å². The third-order valence-electron chi connectivity index (χ3n) is 2.82. The fraction of sp³-hybridized carbons (Fsp3) is 0.200. The van der Waals surface area contributed by atoms with Crippen LogP contribution in [0.5, 0.6) is 0 Å². The zero-order chi connectivity index (χ0) is 15.2. The van der Waals surface area contributed by atoms with Gasteiger partial charge in [0.1, 0.15) is 0 Å². The summed E-state index contributed by atoms with van der Waals surface area (Å²) < 4.78 is 1.11. The van der Waals surface area contributed by atoms with Crippen LogP contribution in [0.15, 0.2) is 46.0 Å². The normalized spacial score (nSPS) is 11.9. The van der Waals surface area contributed by atoms with Gasteiger partial charge in [-0.15, -0.1) is 23.1 Å². The monoisotopic (exact) mass is 321 g/mol. The van der Waals surface area contributed by atoms with E-state index in [9.17, 15) is 9.59 Å². The van der Waals surface area contributed by atoms with Gasteiger partial charge in [-0.3, -0.25) is 4.79 Å². The van der Waals surface area contributed by atoms with Gasteiger partial charge in [0.05, 0.1) is 15.0 Å². The third-order valence-corrected chi connectivity index (χ3v) is 5.26. The molecule has 110 valence electrons. The maximum Gasteiger partial charge on any atom is 0.335 e. The van der Waals surface area contributed by atoms with Crippen LogP contribution in [0.2, 0.25) is 0 Å². The number of benzene rings is 1. The Morgan fingerprint density at radius 3 is 2.52 bits per heavy atom. The van der Waals surface area contributed by atoms with Crippen LogP contribution in [0, 0.1) is 0 Å². The highest BCUT2D eigenvalue weighted by Crippen LogP contribution is 2.30. The molecule has 0 saturated heterocycles. The van der Waals surface area contributed by atoms with Gasteiger partial charge in [0.15, 0.2) is 0 Å². The Hall–Kier alpha value is -1.79. The van der Waals surface area contributed by atoms with Gasteiger partial charge in [0.2, 0.25) is 5.91 Å². The minimum Gasteiger partial charge on any atom is -0.478 e. The molecule has 1 aromatic heterocycles. The number of anilines is 1. The predicted molar refractivity (Wildman–Crippen MR) is 86.3 cm³/mol. The van der Waals surface area contributed by atoms with Crippen molar-refractivity contribution in [2.24, 2.45) is 0 Å². The van der Waals surface area contributed by atoms with Crippen LogP contribution < -0.4 is 5.32 Å². The lowest BCUT2D eigenvalue weighted by atomic mass is 10.2. The van der Waals surface area contributed by atoms with Gasteiger partial charge in [-0.25, -0.2) is 4.79 Å². The van der Waals surface area contributed by atoms with E-state index >= 15 is 0 Å². The van der Waals surface area contributed by atoms with Gasteiger partial charge in [-0.1, -0.05) is 13.0 Å². The number of aromatic carboxylic acids is 1. The van der Waals surface area contributed by atoms with E-state index in [1.165, 1.54) is 12.1 Å². The molecule has 2 N–H and O–H groups in total. The summed E-state index contributed by atoms with van der Waals surface area (Å²) in [6, 6.07) is 10.1. The third kappa shape index (κ3) is 4.34. The smallest absolute Gasteiger partial charge is 0.335 e. The summed E-state index contributed by atoms with van der Waals surface area (Å²) in [6.45, 7) is 1.97. The molecule has 1 unspecified atom stereocenters. The molecule has 6 heteroatoms. The topological polar surface area (TPSA) is 66.4 Å². The summed E-state index contributed by atoms with van der Waals surface area (Å²) in [5.41, 5.74) is 0.809. The first-order chi connectivity index (χ1) is 10.1. The Morgan fingerprint density at radius 1 is 1.29 bits per heavy atom. The molecule has 2 aromatic rings. The lowest BCUT2D eigenvalue weighted by Gasteiger charge is -2.13. The van der Waals surface area contributed by atoms with Crippen molar-refractivity contribution in [2.45, 2.75) is 22.8 Å². The zero-order valence-electron chi connectivity index (χ0n) is 11.4. The second-order valence-electron chi connectivity index (χ2n) is 4.32. The van der Waals surface area contributed by atoms with Gasteiger partial charge >= 0.3 is 5.97 Å². The number of nitrogens with one attached hydrogen (secondary N) is 1. The van der Waals surface area contributed by atoms with Gasteiger partial charge < -0.3 is 10.4 Å². The fourth-order valence-electron chi connectivity index (χ4n) is 1.71. The van der Waals surface area contributed by atoms with Crippen molar-refractivity contribution in [1.82, 2.24) is 0 Å². The number of rotatable bonds is 6. The van der Waals surface area contributed by atoms with Crippen LogP contribution in [0.4, 0.5) is 5.69 Å². The van der Waals surface area contributed by atoms with Gasteiger partial charge in [0.25, 0.3) is 0 Å². The number of carbonyl (C=O) groups excluding carboxylic acids is 1. The molecule has 2 rings (SSSR count). The lowest BCUT2D eigenvalue weighted by Crippen LogP contribution is -2.24. The van der Waals surface area contributed by atoms with E-state index in [0.29, 0.717) is 5.69 Å². The summed E-state index contributed by atoms with van der Waals surface area (Å²) in [5, 5.41) is 13.5. The van der Waals surface area contributed by atoms with Crippen LogP contribution in [0.25, 0.3) is 0 Å². The Labute approximate surface area is 131 Å². The number of thioether (sulfide) groups is 1. The summed E-state index contributed by atoms with van der Waals surface area (Å²) in [5.74, 6) is -1.05. The molecule has 1 amide bonds. The van der Waals surface area contributed by atoms with Crippen molar-refractivity contribution >= 4 is 40.7 Å². The molecule has 0 bridgehead atoms. The average molecular weight is 321 g/mol. The first-order valence-corrected chi connectivity index (χ1v) is 8.20. The molecule has 4 nitrogen and oxygen atoms in total. The van der Waals surface area contributed by atoms with Gasteiger partial charge in [-0.05, 0) is 42.1 Å². The number of amides is 1. The summed E-state index contributed by atoms with van der Waals surface area (Å²) >= 11 is 3.16. The number of hydrogen-bond donors (Lipinski definition) is 2. The molecule has 0 saturated carbocycles. The highest BCUT2D eigenvalue weighted by molar-refractivity contribution is 8.02. The van der Waals surface area contributed by atoms with E-state index in [-0.39, 0.29) is 16.7 Å². The molecule has 0 fully saturated rings. The quantitative estimate of drug-likeness (QED) is 0.790.